The van der Waals surface area contributed by atoms with Gasteiger partial charge >= 0.3 is 0 Å². The summed E-state index contributed by atoms with van der Waals surface area (Å²) in [5.41, 5.74) is 6.03. The Bertz CT molecular complexity index is 796. The lowest BCUT2D eigenvalue weighted by atomic mass is 9.99. The quantitative estimate of drug-likeness (QED) is 0.814. The van der Waals surface area contributed by atoms with E-state index >= 15 is 0 Å². The third kappa shape index (κ3) is 2.98. The zero-order valence-corrected chi connectivity index (χ0v) is 15.7. The molecule has 4 atom stereocenters. The van der Waals surface area contributed by atoms with E-state index in [9.17, 15) is 4.79 Å². The lowest BCUT2D eigenvalue weighted by Gasteiger charge is -2.29. The van der Waals surface area contributed by atoms with Crippen molar-refractivity contribution in [1.82, 2.24) is 19.5 Å². The average molecular weight is 351 g/mol. The van der Waals surface area contributed by atoms with E-state index < -0.39 is 8.32 Å². The summed E-state index contributed by atoms with van der Waals surface area (Å²) in [5, 5.41) is 0. The summed E-state index contributed by atoms with van der Waals surface area (Å²) in [6.45, 7) is 10.7. The molecule has 1 saturated heterocycles. The monoisotopic (exact) mass is 351 g/mol. The summed E-state index contributed by atoms with van der Waals surface area (Å²) >= 11 is 0. The van der Waals surface area contributed by atoms with E-state index in [1.165, 1.54) is 0 Å². The third-order valence-electron chi connectivity index (χ3n) is 4.32. The van der Waals surface area contributed by atoms with Crippen LogP contribution in [-0.2, 0) is 9.16 Å². The van der Waals surface area contributed by atoms with Crippen molar-refractivity contribution in [3.8, 4) is 0 Å². The van der Waals surface area contributed by atoms with Crippen molar-refractivity contribution in [3.05, 3.63) is 16.7 Å². The number of aromatic amines is 1. The van der Waals surface area contributed by atoms with Crippen LogP contribution in [0.5, 0.6) is 0 Å². The van der Waals surface area contributed by atoms with Gasteiger partial charge in [0.1, 0.15) is 0 Å². The Morgan fingerprint density at radius 2 is 2.17 bits per heavy atom. The summed E-state index contributed by atoms with van der Waals surface area (Å²) in [5.74, 6) is 0.304. The highest BCUT2D eigenvalue weighted by molar-refractivity contribution is 6.69. The minimum absolute atomic E-state index is 0.0648. The molecule has 3 rings (SSSR count). The Hall–Kier alpha value is -1.71. The molecule has 0 bridgehead atoms. The Balaban J connectivity index is 2.07. The van der Waals surface area contributed by atoms with Crippen molar-refractivity contribution < 1.29 is 9.16 Å². The van der Waals surface area contributed by atoms with Gasteiger partial charge in [0, 0.05) is 5.92 Å². The molecule has 9 heteroatoms. The van der Waals surface area contributed by atoms with Gasteiger partial charge in [0.05, 0.1) is 18.5 Å². The second-order valence-electron chi connectivity index (χ2n) is 7.30. The number of aromatic nitrogens is 4. The molecule has 1 aliphatic rings. The number of anilines is 1. The van der Waals surface area contributed by atoms with Crippen molar-refractivity contribution in [3.63, 3.8) is 0 Å². The van der Waals surface area contributed by atoms with Gasteiger partial charge in [-0.3, -0.25) is 14.3 Å². The Kier molecular flexibility index (Phi) is 4.26. The number of nitrogens with one attached hydrogen (secondary N) is 1. The highest BCUT2D eigenvalue weighted by atomic mass is 28.4. The SMILES string of the molecule is CC[C@H]1O[C@@H](n2cnc3c(=O)[nH]c(N)nc32)[C@@H](O[Si](C)(C)C)C1C. The molecule has 3 N–H and O–H groups in total. The predicted molar refractivity (Wildman–Crippen MR) is 94.1 cm³/mol. The van der Waals surface area contributed by atoms with Crippen molar-refractivity contribution in [2.45, 2.75) is 58.3 Å². The van der Waals surface area contributed by atoms with Gasteiger partial charge in [-0.1, -0.05) is 13.8 Å². The number of imidazole rings is 1. The molecule has 1 aliphatic heterocycles. The van der Waals surface area contributed by atoms with E-state index in [0.29, 0.717) is 5.65 Å². The smallest absolute Gasteiger partial charge is 0.280 e. The van der Waals surface area contributed by atoms with Crippen LogP contribution in [0.3, 0.4) is 0 Å². The second kappa shape index (κ2) is 5.98. The van der Waals surface area contributed by atoms with Gasteiger partial charge in [-0.05, 0) is 26.1 Å². The van der Waals surface area contributed by atoms with Crippen LogP contribution in [0.15, 0.2) is 11.1 Å². The van der Waals surface area contributed by atoms with Crippen molar-refractivity contribution in [1.29, 1.82) is 0 Å². The molecule has 1 fully saturated rings. The van der Waals surface area contributed by atoms with Crippen LogP contribution in [-0.4, -0.2) is 40.0 Å². The average Bonchev–Trinajstić information content (AvgIpc) is 3.00. The first-order chi connectivity index (χ1) is 11.2. The number of ether oxygens (including phenoxy) is 1. The van der Waals surface area contributed by atoms with E-state index in [1.807, 2.05) is 0 Å². The molecule has 0 spiro atoms. The molecule has 0 saturated carbocycles. The maximum Gasteiger partial charge on any atom is 0.280 e. The molecule has 24 heavy (non-hydrogen) atoms. The summed E-state index contributed by atoms with van der Waals surface area (Å²) in [6.07, 6.45) is 2.10. The molecular weight excluding hydrogens is 326 g/mol. The summed E-state index contributed by atoms with van der Waals surface area (Å²) in [4.78, 5) is 22.9. The molecule has 2 aromatic heterocycles. The van der Waals surface area contributed by atoms with Crippen molar-refractivity contribution in [2.24, 2.45) is 5.92 Å². The fraction of sp³-hybridized carbons (Fsp3) is 0.667. The van der Waals surface area contributed by atoms with Gasteiger partial charge < -0.3 is 14.9 Å². The summed E-state index contributed by atoms with van der Waals surface area (Å²) < 4.78 is 14.4. The number of nitrogens with two attached hydrogens (primary N) is 1. The molecule has 3 heterocycles. The molecule has 2 aromatic rings. The number of rotatable bonds is 4. The molecule has 132 valence electrons. The maximum absolute atomic E-state index is 12.0. The Morgan fingerprint density at radius 3 is 2.79 bits per heavy atom. The number of fused-ring (bicyclic) bond motifs is 1. The van der Waals surface area contributed by atoms with Gasteiger partial charge in [-0.25, -0.2) is 4.98 Å². The van der Waals surface area contributed by atoms with E-state index in [0.717, 1.165) is 6.42 Å². The predicted octanol–water partition coefficient (Wildman–Crippen LogP) is 1.87. The molecule has 1 unspecified atom stereocenters. The molecule has 0 radical (unpaired) electrons. The summed E-state index contributed by atoms with van der Waals surface area (Å²) in [6, 6.07) is 0. The van der Waals surface area contributed by atoms with Gasteiger partial charge in [0.15, 0.2) is 25.7 Å². The van der Waals surface area contributed by atoms with Crippen LogP contribution in [0.25, 0.3) is 11.2 Å². The molecule has 8 nitrogen and oxygen atoms in total. The van der Waals surface area contributed by atoms with E-state index in [1.54, 1.807) is 10.9 Å². The van der Waals surface area contributed by atoms with E-state index in [2.05, 4.69) is 48.4 Å². The lowest BCUT2D eigenvalue weighted by molar-refractivity contribution is -0.0310. The van der Waals surface area contributed by atoms with Gasteiger partial charge in [-0.15, -0.1) is 0 Å². The van der Waals surface area contributed by atoms with Crippen LogP contribution in [0.1, 0.15) is 26.5 Å². The minimum Gasteiger partial charge on any atom is -0.410 e. The fourth-order valence-corrected chi connectivity index (χ4v) is 4.39. The van der Waals surface area contributed by atoms with Gasteiger partial charge in [0.2, 0.25) is 5.95 Å². The standard InChI is InChI=1S/C15H25N5O3Si/c1-6-9-8(2)11(23-24(3,4)5)14(22-9)20-7-17-10-12(20)18-15(16)19-13(10)21/h7-9,11,14H,6H2,1-5H3,(H3,16,18,19,21)/t8?,9-,11+,14-/m1/s1. The van der Waals surface area contributed by atoms with Crippen LogP contribution in [0.4, 0.5) is 5.95 Å². The summed E-state index contributed by atoms with van der Waals surface area (Å²) in [7, 11) is -1.78. The van der Waals surface area contributed by atoms with Crippen LogP contribution in [0.2, 0.25) is 19.6 Å². The number of nitrogens with zero attached hydrogens (tertiary/aromatic N) is 3. The molecule has 0 aliphatic carbocycles. The zero-order valence-electron chi connectivity index (χ0n) is 14.7. The lowest BCUT2D eigenvalue weighted by Crippen LogP contribution is -2.38. The first-order valence-corrected chi connectivity index (χ1v) is 11.7. The zero-order chi connectivity index (χ0) is 17.6. The largest absolute Gasteiger partial charge is 0.410 e. The van der Waals surface area contributed by atoms with Gasteiger partial charge in [0.25, 0.3) is 5.56 Å². The van der Waals surface area contributed by atoms with E-state index in [4.69, 9.17) is 14.9 Å². The maximum atomic E-state index is 12.0. The number of hydrogen-bond acceptors (Lipinski definition) is 6. The Morgan fingerprint density at radius 1 is 1.46 bits per heavy atom. The minimum atomic E-state index is -1.78. The van der Waals surface area contributed by atoms with E-state index in [-0.39, 0.29) is 41.4 Å². The number of H-pyrrole nitrogens is 1. The second-order valence-corrected chi connectivity index (χ2v) is 11.8. The Labute approximate surface area is 141 Å². The highest BCUT2D eigenvalue weighted by Crippen LogP contribution is 2.39. The molecule has 0 amide bonds. The van der Waals surface area contributed by atoms with Crippen molar-refractivity contribution in [2.75, 3.05) is 5.73 Å². The van der Waals surface area contributed by atoms with Crippen LogP contribution < -0.4 is 11.3 Å². The van der Waals surface area contributed by atoms with Crippen molar-refractivity contribution >= 4 is 25.4 Å². The molecular formula is C15H25N5O3Si. The third-order valence-corrected chi connectivity index (χ3v) is 5.30. The number of nitrogen functional groups attached to an aromatic ring is 1. The normalized spacial score (nSPS) is 27.9. The fourth-order valence-electron chi connectivity index (χ4n) is 3.25. The van der Waals surface area contributed by atoms with Gasteiger partial charge in [-0.2, -0.15) is 4.98 Å². The topological polar surface area (TPSA) is 108 Å². The molecule has 0 aromatic carbocycles. The number of hydrogen-bond donors (Lipinski definition) is 2. The first-order valence-electron chi connectivity index (χ1n) is 8.27. The van der Waals surface area contributed by atoms with Crippen LogP contribution >= 0.6 is 0 Å². The first kappa shape index (κ1) is 17.1. The highest BCUT2D eigenvalue weighted by Gasteiger charge is 2.45. The van der Waals surface area contributed by atoms with Crippen LogP contribution in [0, 0.1) is 5.92 Å².